The van der Waals surface area contributed by atoms with E-state index in [-0.39, 0.29) is 11.3 Å². The van der Waals surface area contributed by atoms with Crippen molar-refractivity contribution in [1.29, 1.82) is 0 Å². The Balaban J connectivity index is 1.64. The maximum Gasteiger partial charge on any atom is 0.344 e. The van der Waals surface area contributed by atoms with Crippen LogP contribution in [-0.4, -0.2) is 27.9 Å². The van der Waals surface area contributed by atoms with E-state index in [2.05, 4.69) is 10.5 Å². The third-order valence-electron chi connectivity index (χ3n) is 4.20. The predicted octanol–water partition coefficient (Wildman–Crippen LogP) is 3.07. The lowest BCUT2D eigenvalue weighted by Crippen LogP contribution is -2.17. The van der Waals surface area contributed by atoms with Crippen LogP contribution >= 0.6 is 0 Å². The van der Waals surface area contributed by atoms with E-state index < -0.39 is 33.1 Å². The molecule has 3 N–H and O–H groups in total. The molecule has 0 unspecified atom stereocenters. The van der Waals surface area contributed by atoms with Crippen molar-refractivity contribution in [2.75, 3.05) is 5.73 Å². The number of nitro groups is 2. The van der Waals surface area contributed by atoms with Crippen molar-refractivity contribution in [3.8, 4) is 5.75 Å². The molecule has 3 aromatic carbocycles. The number of non-ortho nitro benzene ring substituents is 2. The van der Waals surface area contributed by atoms with Gasteiger partial charge in [-0.05, 0) is 54.1 Å². The van der Waals surface area contributed by atoms with Crippen LogP contribution in [0.5, 0.6) is 5.75 Å². The minimum atomic E-state index is -1.00. The fraction of sp³-hybridized carbons (Fsp3) is 0. The Bertz CT molecular complexity index is 1220. The van der Waals surface area contributed by atoms with E-state index in [0.717, 1.165) is 18.2 Å². The average molecular weight is 449 g/mol. The lowest BCUT2D eigenvalue weighted by Gasteiger charge is -2.05. The average Bonchev–Trinajstić information content (AvgIpc) is 2.80. The van der Waals surface area contributed by atoms with E-state index in [9.17, 15) is 29.8 Å². The van der Waals surface area contributed by atoms with Crippen molar-refractivity contribution in [3.63, 3.8) is 0 Å². The number of esters is 1. The molecule has 0 atom stereocenters. The number of hydrogen-bond donors (Lipinski definition) is 2. The molecule has 0 spiro atoms. The minimum Gasteiger partial charge on any atom is -0.423 e. The van der Waals surface area contributed by atoms with Gasteiger partial charge in [0, 0.05) is 23.4 Å². The van der Waals surface area contributed by atoms with Gasteiger partial charge >= 0.3 is 5.97 Å². The fourth-order valence-corrected chi connectivity index (χ4v) is 2.58. The molecule has 3 rings (SSSR count). The Morgan fingerprint density at radius 2 is 1.45 bits per heavy atom. The van der Waals surface area contributed by atoms with Gasteiger partial charge in [-0.25, -0.2) is 10.2 Å². The molecule has 12 heteroatoms. The maximum absolute atomic E-state index is 12.3. The molecule has 0 aliphatic heterocycles. The van der Waals surface area contributed by atoms with Gasteiger partial charge in [0.1, 0.15) is 5.75 Å². The summed E-state index contributed by atoms with van der Waals surface area (Å²) in [6.07, 6.45) is 1.37. The van der Waals surface area contributed by atoms with Crippen molar-refractivity contribution in [1.82, 2.24) is 5.43 Å². The summed E-state index contributed by atoms with van der Waals surface area (Å²) in [4.78, 5) is 44.5. The summed E-state index contributed by atoms with van der Waals surface area (Å²) in [5.41, 5.74) is 7.85. The number of nitrogens with two attached hydrogens (primary N) is 1. The lowest BCUT2D eigenvalue weighted by molar-refractivity contribution is -0.394. The van der Waals surface area contributed by atoms with Crippen molar-refractivity contribution in [3.05, 3.63) is 104 Å². The number of carbonyl (C=O) groups excluding carboxylic acids is 2. The number of nitro benzene ring substituents is 2. The van der Waals surface area contributed by atoms with Crippen LogP contribution in [0.1, 0.15) is 26.3 Å². The summed E-state index contributed by atoms with van der Waals surface area (Å²) in [6.45, 7) is 0. The first-order valence-corrected chi connectivity index (χ1v) is 9.18. The third kappa shape index (κ3) is 5.95. The summed E-state index contributed by atoms with van der Waals surface area (Å²) in [7, 11) is 0. The van der Waals surface area contributed by atoms with Gasteiger partial charge in [0.25, 0.3) is 17.3 Å². The highest BCUT2D eigenvalue weighted by atomic mass is 16.6. The number of amides is 1. The van der Waals surface area contributed by atoms with E-state index in [1.54, 1.807) is 24.3 Å². The zero-order valence-corrected chi connectivity index (χ0v) is 16.7. The Hall–Kier alpha value is -5.13. The summed E-state index contributed by atoms with van der Waals surface area (Å²) in [6, 6.07) is 14.7. The topological polar surface area (TPSA) is 180 Å². The quantitative estimate of drug-likeness (QED) is 0.138. The summed E-state index contributed by atoms with van der Waals surface area (Å²) < 4.78 is 5.13. The molecule has 0 aromatic heterocycles. The highest BCUT2D eigenvalue weighted by molar-refractivity contribution is 5.95. The SMILES string of the molecule is Nc1ccc(C(=O)NN=Cc2ccc(OC(=O)c3cc([N+](=O)[O-])cc([N+](=O)[O-])c3)cc2)cc1. The standard InChI is InChI=1S/C21H15N5O7/c22-16-5-3-14(4-6-16)20(27)24-23-12-13-1-7-19(8-2-13)33-21(28)15-9-17(25(29)30)11-18(10-15)26(31)32/h1-12H,22H2,(H,24,27). The maximum atomic E-state index is 12.3. The molecule has 0 radical (unpaired) electrons. The predicted molar refractivity (Wildman–Crippen MR) is 117 cm³/mol. The van der Waals surface area contributed by atoms with Crippen molar-refractivity contribution in [2.45, 2.75) is 0 Å². The summed E-state index contributed by atoms with van der Waals surface area (Å²) >= 11 is 0. The second-order valence-electron chi connectivity index (χ2n) is 6.53. The number of nitrogen functional groups attached to an aromatic ring is 1. The van der Waals surface area contributed by atoms with Crippen LogP contribution in [0, 0.1) is 20.2 Å². The molecular formula is C21H15N5O7. The normalized spacial score (nSPS) is 10.5. The molecule has 0 saturated heterocycles. The molecule has 0 saturated carbocycles. The van der Waals surface area contributed by atoms with Crippen LogP contribution in [0.25, 0.3) is 0 Å². The zero-order chi connectivity index (χ0) is 24.0. The van der Waals surface area contributed by atoms with E-state index in [0.29, 0.717) is 16.8 Å². The number of hydrogen-bond acceptors (Lipinski definition) is 9. The molecule has 0 aliphatic rings. The first-order valence-electron chi connectivity index (χ1n) is 9.18. The van der Waals surface area contributed by atoms with Crippen LogP contribution in [0.2, 0.25) is 0 Å². The van der Waals surface area contributed by atoms with Crippen LogP contribution in [0.15, 0.2) is 71.8 Å². The van der Waals surface area contributed by atoms with Gasteiger partial charge < -0.3 is 10.5 Å². The zero-order valence-electron chi connectivity index (χ0n) is 16.7. The number of hydrazone groups is 1. The molecule has 0 fully saturated rings. The number of rotatable bonds is 7. The van der Waals surface area contributed by atoms with Crippen LogP contribution in [-0.2, 0) is 0 Å². The van der Waals surface area contributed by atoms with Gasteiger partial charge in [-0.15, -0.1) is 0 Å². The molecule has 1 amide bonds. The molecule has 12 nitrogen and oxygen atoms in total. The number of ether oxygens (including phenoxy) is 1. The summed E-state index contributed by atoms with van der Waals surface area (Å²) in [5, 5.41) is 25.8. The van der Waals surface area contributed by atoms with Gasteiger partial charge in [-0.1, -0.05) is 0 Å². The van der Waals surface area contributed by atoms with E-state index in [4.69, 9.17) is 10.5 Å². The number of nitrogens with zero attached hydrogens (tertiary/aromatic N) is 3. The second kappa shape index (κ2) is 9.78. The lowest BCUT2D eigenvalue weighted by atomic mass is 10.1. The molecule has 33 heavy (non-hydrogen) atoms. The van der Waals surface area contributed by atoms with Crippen molar-refractivity contribution < 1.29 is 24.2 Å². The molecule has 0 aliphatic carbocycles. The third-order valence-corrected chi connectivity index (χ3v) is 4.20. The highest BCUT2D eigenvalue weighted by Crippen LogP contribution is 2.24. The molecule has 166 valence electrons. The van der Waals surface area contributed by atoms with E-state index >= 15 is 0 Å². The van der Waals surface area contributed by atoms with E-state index in [1.165, 1.54) is 30.5 Å². The van der Waals surface area contributed by atoms with Gasteiger partial charge in [-0.3, -0.25) is 25.0 Å². The number of benzene rings is 3. The van der Waals surface area contributed by atoms with Crippen molar-refractivity contribution in [2.24, 2.45) is 5.10 Å². The Labute approximate surface area is 185 Å². The minimum absolute atomic E-state index is 0.0946. The fourth-order valence-electron chi connectivity index (χ4n) is 2.58. The van der Waals surface area contributed by atoms with Gasteiger partial charge in [0.2, 0.25) is 0 Å². The van der Waals surface area contributed by atoms with Crippen LogP contribution < -0.4 is 15.9 Å². The molecule has 0 heterocycles. The number of anilines is 1. The van der Waals surface area contributed by atoms with Crippen LogP contribution in [0.3, 0.4) is 0 Å². The van der Waals surface area contributed by atoms with Crippen LogP contribution in [0.4, 0.5) is 17.1 Å². The van der Waals surface area contributed by atoms with Crippen molar-refractivity contribution >= 4 is 35.2 Å². The monoisotopic (exact) mass is 449 g/mol. The molecule has 3 aromatic rings. The first kappa shape index (κ1) is 22.6. The number of nitrogens with one attached hydrogen (secondary N) is 1. The Morgan fingerprint density at radius 3 is 2.00 bits per heavy atom. The largest absolute Gasteiger partial charge is 0.423 e. The highest BCUT2D eigenvalue weighted by Gasteiger charge is 2.21. The van der Waals surface area contributed by atoms with Gasteiger partial charge in [0.05, 0.1) is 27.7 Å². The van der Waals surface area contributed by atoms with Gasteiger partial charge in [0.15, 0.2) is 0 Å². The second-order valence-corrected chi connectivity index (χ2v) is 6.53. The Kier molecular flexibility index (Phi) is 6.69. The first-order chi connectivity index (χ1) is 15.7. The van der Waals surface area contributed by atoms with Gasteiger partial charge in [-0.2, -0.15) is 5.10 Å². The molecular weight excluding hydrogens is 434 g/mol. The molecule has 0 bridgehead atoms. The Morgan fingerprint density at radius 1 is 0.879 bits per heavy atom. The number of carbonyl (C=O) groups is 2. The van der Waals surface area contributed by atoms with E-state index in [1.807, 2.05) is 0 Å². The summed E-state index contributed by atoms with van der Waals surface area (Å²) in [5.74, 6) is -1.33. The smallest absolute Gasteiger partial charge is 0.344 e.